The normalized spacial score (nSPS) is 12.0. The van der Waals surface area contributed by atoms with Gasteiger partial charge in [0.2, 0.25) is 10.0 Å². The Bertz CT molecular complexity index is 777. The van der Waals surface area contributed by atoms with Crippen molar-refractivity contribution in [1.29, 1.82) is 0 Å². The van der Waals surface area contributed by atoms with Crippen LogP contribution in [0.1, 0.15) is 26.3 Å². The fraction of sp³-hybridized carbons (Fsp3) is 0.600. The van der Waals surface area contributed by atoms with Gasteiger partial charge in [-0.25, -0.2) is 13.2 Å². The second-order valence-corrected chi connectivity index (χ2v) is 8.66. The van der Waals surface area contributed by atoms with Gasteiger partial charge in [-0.1, -0.05) is 0 Å². The van der Waals surface area contributed by atoms with Crippen molar-refractivity contribution in [2.45, 2.75) is 32.9 Å². The van der Waals surface area contributed by atoms with E-state index in [4.69, 9.17) is 4.74 Å². The zero-order chi connectivity index (χ0) is 18.9. The molecule has 24 heavy (non-hydrogen) atoms. The topological polar surface area (TPSA) is 88.9 Å². The molecular formula is C15H25N3O5S. The van der Waals surface area contributed by atoms with E-state index < -0.39 is 21.7 Å². The third-order valence-electron chi connectivity index (χ3n) is 3.27. The number of rotatable bonds is 4. The molecule has 1 rings (SSSR count). The lowest BCUT2D eigenvalue weighted by atomic mass is 10.2. The van der Waals surface area contributed by atoms with E-state index in [1.807, 2.05) is 0 Å². The standard InChI is InChI=1S/C15H25N3O5S/c1-15(2,3)23-14(20)16(4)10-11-8-9-12(19)17(5)13(11)18(6)24(7,21)22/h8-9H,10H2,1-7H3. The molecule has 8 nitrogen and oxygen atoms in total. The Morgan fingerprint density at radius 1 is 1.25 bits per heavy atom. The number of amides is 1. The molecule has 0 spiro atoms. The average Bonchev–Trinajstić information content (AvgIpc) is 2.39. The summed E-state index contributed by atoms with van der Waals surface area (Å²) in [6.45, 7) is 5.37. The van der Waals surface area contributed by atoms with Crippen LogP contribution in [0, 0.1) is 0 Å². The Labute approximate surface area is 142 Å². The Balaban J connectivity index is 3.24. The number of carbonyl (C=O) groups is 1. The number of pyridine rings is 1. The van der Waals surface area contributed by atoms with E-state index in [0.29, 0.717) is 5.56 Å². The number of sulfonamides is 1. The number of ether oxygens (including phenoxy) is 1. The lowest BCUT2D eigenvalue weighted by Crippen LogP contribution is -2.36. The molecule has 0 N–H and O–H groups in total. The fourth-order valence-corrected chi connectivity index (χ4v) is 2.59. The fourth-order valence-electron chi connectivity index (χ4n) is 2.03. The van der Waals surface area contributed by atoms with Crippen molar-refractivity contribution in [3.05, 3.63) is 28.0 Å². The van der Waals surface area contributed by atoms with Gasteiger partial charge in [0.05, 0.1) is 12.8 Å². The Hall–Kier alpha value is -2.03. The summed E-state index contributed by atoms with van der Waals surface area (Å²) >= 11 is 0. The quantitative estimate of drug-likeness (QED) is 0.804. The minimum absolute atomic E-state index is 0.0955. The van der Waals surface area contributed by atoms with Gasteiger partial charge >= 0.3 is 6.09 Å². The summed E-state index contributed by atoms with van der Waals surface area (Å²) < 4.78 is 31.3. The van der Waals surface area contributed by atoms with E-state index in [2.05, 4.69) is 0 Å². The molecule has 0 aliphatic rings. The minimum atomic E-state index is -3.56. The third-order valence-corrected chi connectivity index (χ3v) is 4.44. The number of nitrogens with zero attached hydrogens (tertiary/aromatic N) is 3. The molecule has 0 aliphatic heterocycles. The second-order valence-electron chi connectivity index (χ2n) is 6.65. The number of carbonyl (C=O) groups excluding carboxylic acids is 1. The van der Waals surface area contributed by atoms with Gasteiger partial charge < -0.3 is 9.64 Å². The monoisotopic (exact) mass is 359 g/mol. The lowest BCUT2D eigenvalue weighted by Gasteiger charge is -2.27. The van der Waals surface area contributed by atoms with E-state index in [1.165, 1.54) is 35.7 Å². The second kappa shape index (κ2) is 6.84. The van der Waals surface area contributed by atoms with Gasteiger partial charge in [-0.2, -0.15) is 0 Å². The molecule has 1 amide bonds. The first-order valence-corrected chi connectivity index (χ1v) is 9.16. The van der Waals surface area contributed by atoms with Crippen LogP contribution in [0.4, 0.5) is 10.6 Å². The van der Waals surface area contributed by atoms with Crippen LogP contribution in [0.25, 0.3) is 0 Å². The van der Waals surface area contributed by atoms with E-state index in [9.17, 15) is 18.0 Å². The molecular weight excluding hydrogens is 334 g/mol. The smallest absolute Gasteiger partial charge is 0.410 e. The molecule has 0 radical (unpaired) electrons. The highest BCUT2D eigenvalue weighted by Crippen LogP contribution is 2.21. The molecule has 0 unspecified atom stereocenters. The van der Waals surface area contributed by atoms with Gasteiger partial charge in [-0.05, 0) is 26.8 Å². The van der Waals surface area contributed by atoms with Crippen molar-refractivity contribution in [1.82, 2.24) is 9.47 Å². The van der Waals surface area contributed by atoms with Crippen molar-refractivity contribution in [3.63, 3.8) is 0 Å². The van der Waals surface area contributed by atoms with Gasteiger partial charge in [0, 0.05) is 32.8 Å². The number of anilines is 1. The summed E-state index contributed by atoms with van der Waals surface area (Å²) in [5, 5.41) is 0. The summed E-state index contributed by atoms with van der Waals surface area (Å²) in [4.78, 5) is 25.3. The van der Waals surface area contributed by atoms with Gasteiger partial charge in [-0.15, -0.1) is 0 Å². The number of hydrogen-bond acceptors (Lipinski definition) is 5. The van der Waals surface area contributed by atoms with E-state index in [0.717, 1.165) is 10.6 Å². The summed E-state index contributed by atoms with van der Waals surface area (Å²) in [6, 6.07) is 2.85. The Morgan fingerprint density at radius 3 is 2.25 bits per heavy atom. The molecule has 0 atom stereocenters. The number of aromatic nitrogens is 1. The van der Waals surface area contributed by atoms with Crippen molar-refractivity contribution in [3.8, 4) is 0 Å². The van der Waals surface area contributed by atoms with E-state index in [1.54, 1.807) is 27.8 Å². The molecule has 1 aromatic heterocycles. The minimum Gasteiger partial charge on any atom is -0.444 e. The van der Waals surface area contributed by atoms with E-state index in [-0.39, 0.29) is 17.9 Å². The van der Waals surface area contributed by atoms with Crippen LogP contribution in [-0.2, 0) is 28.4 Å². The van der Waals surface area contributed by atoms with Crippen LogP contribution in [0.5, 0.6) is 0 Å². The molecule has 1 heterocycles. The Kier molecular flexibility index (Phi) is 5.70. The summed E-state index contributed by atoms with van der Waals surface area (Å²) in [5.41, 5.74) is -0.469. The maximum atomic E-state index is 12.1. The van der Waals surface area contributed by atoms with Crippen LogP contribution in [0.15, 0.2) is 16.9 Å². The molecule has 136 valence electrons. The van der Waals surface area contributed by atoms with Crippen molar-refractivity contribution in [2.24, 2.45) is 7.05 Å². The summed E-state index contributed by atoms with van der Waals surface area (Å²) in [5.74, 6) is 0.209. The third kappa shape index (κ3) is 4.98. The summed E-state index contributed by atoms with van der Waals surface area (Å²) in [6.07, 6.45) is 0.510. The zero-order valence-corrected chi connectivity index (χ0v) is 16.0. The number of hydrogen-bond donors (Lipinski definition) is 0. The Morgan fingerprint density at radius 2 is 1.79 bits per heavy atom. The van der Waals surface area contributed by atoms with Gasteiger partial charge in [0.15, 0.2) is 0 Å². The predicted octanol–water partition coefficient (Wildman–Crippen LogP) is 1.15. The maximum absolute atomic E-state index is 12.1. The first kappa shape index (κ1) is 20.0. The highest BCUT2D eigenvalue weighted by atomic mass is 32.2. The zero-order valence-electron chi connectivity index (χ0n) is 15.2. The molecule has 0 saturated heterocycles. The molecule has 0 aliphatic carbocycles. The highest BCUT2D eigenvalue weighted by molar-refractivity contribution is 7.92. The van der Waals surface area contributed by atoms with Crippen molar-refractivity contribution in [2.75, 3.05) is 24.7 Å². The molecule has 1 aromatic rings. The SMILES string of the molecule is CN(Cc1ccc(=O)n(C)c1N(C)S(C)(=O)=O)C(=O)OC(C)(C)C. The molecule has 0 saturated carbocycles. The highest BCUT2D eigenvalue weighted by Gasteiger charge is 2.23. The molecule has 0 fully saturated rings. The summed E-state index contributed by atoms with van der Waals surface area (Å²) in [7, 11) is 0.826. The largest absolute Gasteiger partial charge is 0.444 e. The average molecular weight is 359 g/mol. The maximum Gasteiger partial charge on any atom is 0.410 e. The van der Waals surface area contributed by atoms with E-state index >= 15 is 0 Å². The predicted molar refractivity (Wildman–Crippen MR) is 92.6 cm³/mol. The van der Waals surface area contributed by atoms with Crippen molar-refractivity contribution < 1.29 is 17.9 Å². The van der Waals surface area contributed by atoms with Crippen LogP contribution in [0.2, 0.25) is 0 Å². The van der Waals surface area contributed by atoms with Gasteiger partial charge in [0.25, 0.3) is 5.56 Å². The van der Waals surface area contributed by atoms with Gasteiger partial charge in [-0.3, -0.25) is 13.7 Å². The molecule has 9 heteroatoms. The molecule has 0 aromatic carbocycles. The lowest BCUT2D eigenvalue weighted by molar-refractivity contribution is 0.0285. The van der Waals surface area contributed by atoms with Crippen LogP contribution < -0.4 is 9.86 Å². The first-order chi connectivity index (χ1) is 10.7. The van der Waals surface area contributed by atoms with Crippen LogP contribution >= 0.6 is 0 Å². The van der Waals surface area contributed by atoms with Crippen molar-refractivity contribution >= 4 is 21.9 Å². The molecule has 0 bridgehead atoms. The van der Waals surface area contributed by atoms with Gasteiger partial charge in [0.1, 0.15) is 11.4 Å². The van der Waals surface area contributed by atoms with Crippen LogP contribution in [0.3, 0.4) is 0 Å². The van der Waals surface area contributed by atoms with Crippen LogP contribution in [-0.4, -0.2) is 49.9 Å². The first-order valence-electron chi connectivity index (χ1n) is 7.31.